The third kappa shape index (κ3) is 2.83. The van der Waals surface area contributed by atoms with Gasteiger partial charge < -0.3 is 4.90 Å². The number of likely N-dealkylation sites (tertiary alicyclic amines) is 1. The summed E-state index contributed by atoms with van der Waals surface area (Å²) in [5.41, 5.74) is 0.801. The van der Waals surface area contributed by atoms with Crippen molar-refractivity contribution in [2.24, 2.45) is 0 Å². The average molecular weight is 359 g/mol. The zero-order chi connectivity index (χ0) is 16.5. The number of halogens is 1. The van der Waals surface area contributed by atoms with Crippen LogP contribution in [0.1, 0.15) is 29.6 Å². The van der Waals surface area contributed by atoms with Crippen LogP contribution in [0, 0.1) is 0 Å². The molecule has 4 rings (SSSR count). The molecule has 7 heteroatoms. The number of hydrogen-bond acceptors (Lipinski definition) is 4. The predicted octanol–water partition coefficient (Wildman–Crippen LogP) is 3.82. The van der Waals surface area contributed by atoms with Crippen molar-refractivity contribution >= 4 is 40.6 Å². The van der Waals surface area contributed by atoms with E-state index in [0.717, 1.165) is 40.1 Å². The lowest BCUT2D eigenvalue weighted by molar-refractivity contribution is -0.127. The van der Waals surface area contributed by atoms with E-state index >= 15 is 0 Å². The molecule has 0 N–H and O–H groups in total. The SMILES string of the molecule is O=C(/C=C/c1ccc(Cl)s1)N1CCC[C@@H]1c1nnc2ccccn12. The second kappa shape index (κ2) is 6.37. The fourth-order valence-electron chi connectivity index (χ4n) is 3.05. The normalized spacial score (nSPS) is 18.0. The first-order valence-corrected chi connectivity index (χ1v) is 8.95. The van der Waals surface area contributed by atoms with Crippen LogP contribution in [0.25, 0.3) is 11.7 Å². The maximum atomic E-state index is 12.6. The van der Waals surface area contributed by atoms with Crippen molar-refractivity contribution in [2.75, 3.05) is 6.54 Å². The maximum absolute atomic E-state index is 12.6. The fraction of sp³-hybridized carbons (Fsp3) is 0.235. The number of pyridine rings is 1. The molecule has 3 aromatic rings. The molecule has 0 bridgehead atoms. The van der Waals surface area contributed by atoms with Gasteiger partial charge in [0, 0.05) is 23.7 Å². The molecule has 24 heavy (non-hydrogen) atoms. The third-order valence-electron chi connectivity index (χ3n) is 4.16. The van der Waals surface area contributed by atoms with Crippen LogP contribution in [0.2, 0.25) is 4.34 Å². The minimum atomic E-state index is -0.0357. The summed E-state index contributed by atoms with van der Waals surface area (Å²) in [4.78, 5) is 15.5. The Balaban J connectivity index is 1.58. The lowest BCUT2D eigenvalue weighted by Crippen LogP contribution is -2.30. The molecule has 0 aliphatic carbocycles. The summed E-state index contributed by atoms with van der Waals surface area (Å²) in [5.74, 6) is 0.818. The molecular weight excluding hydrogens is 344 g/mol. The highest BCUT2D eigenvalue weighted by atomic mass is 35.5. The van der Waals surface area contributed by atoms with Crippen LogP contribution < -0.4 is 0 Å². The molecule has 0 aromatic carbocycles. The molecular formula is C17H15ClN4OS. The molecule has 4 heterocycles. The van der Waals surface area contributed by atoms with Crippen molar-refractivity contribution in [1.82, 2.24) is 19.5 Å². The number of fused-ring (bicyclic) bond motifs is 1. The highest BCUT2D eigenvalue weighted by Crippen LogP contribution is 2.31. The zero-order valence-corrected chi connectivity index (χ0v) is 14.4. The number of carbonyl (C=O) groups is 1. The van der Waals surface area contributed by atoms with Crippen LogP contribution in [-0.4, -0.2) is 31.9 Å². The summed E-state index contributed by atoms with van der Waals surface area (Å²) in [5, 5.41) is 8.51. The molecule has 0 saturated carbocycles. The number of rotatable bonds is 3. The second-order valence-electron chi connectivity index (χ2n) is 5.65. The monoisotopic (exact) mass is 358 g/mol. The van der Waals surface area contributed by atoms with Gasteiger partial charge in [-0.15, -0.1) is 21.5 Å². The summed E-state index contributed by atoms with van der Waals surface area (Å²) in [6.07, 6.45) is 7.24. The molecule has 0 radical (unpaired) electrons. The van der Waals surface area contributed by atoms with E-state index in [1.807, 2.05) is 51.9 Å². The lowest BCUT2D eigenvalue weighted by Gasteiger charge is -2.22. The van der Waals surface area contributed by atoms with Crippen LogP contribution in [-0.2, 0) is 4.79 Å². The van der Waals surface area contributed by atoms with Gasteiger partial charge in [-0.3, -0.25) is 9.20 Å². The average Bonchev–Trinajstić information content (AvgIpc) is 3.31. The summed E-state index contributed by atoms with van der Waals surface area (Å²) >= 11 is 7.37. The number of aromatic nitrogens is 3. The van der Waals surface area contributed by atoms with Gasteiger partial charge in [-0.1, -0.05) is 17.7 Å². The zero-order valence-electron chi connectivity index (χ0n) is 12.8. The van der Waals surface area contributed by atoms with E-state index < -0.39 is 0 Å². The molecule has 1 saturated heterocycles. The lowest BCUT2D eigenvalue weighted by atomic mass is 10.2. The van der Waals surface area contributed by atoms with E-state index in [0.29, 0.717) is 0 Å². The molecule has 3 aromatic heterocycles. The Morgan fingerprint density at radius 3 is 3.04 bits per heavy atom. The number of carbonyl (C=O) groups excluding carboxylic acids is 1. The van der Waals surface area contributed by atoms with E-state index in [9.17, 15) is 4.79 Å². The van der Waals surface area contributed by atoms with Gasteiger partial charge in [0.05, 0.1) is 10.4 Å². The van der Waals surface area contributed by atoms with Gasteiger partial charge in [0.25, 0.3) is 0 Å². The van der Waals surface area contributed by atoms with Gasteiger partial charge in [-0.25, -0.2) is 0 Å². The highest BCUT2D eigenvalue weighted by Gasteiger charge is 2.32. The van der Waals surface area contributed by atoms with Crippen molar-refractivity contribution in [3.63, 3.8) is 0 Å². The summed E-state index contributed by atoms with van der Waals surface area (Å²) < 4.78 is 2.68. The van der Waals surface area contributed by atoms with E-state index in [4.69, 9.17) is 11.6 Å². The van der Waals surface area contributed by atoms with Crippen LogP contribution >= 0.6 is 22.9 Å². The third-order valence-corrected chi connectivity index (χ3v) is 5.35. The smallest absolute Gasteiger partial charge is 0.247 e. The van der Waals surface area contributed by atoms with Crippen molar-refractivity contribution in [2.45, 2.75) is 18.9 Å². The van der Waals surface area contributed by atoms with Gasteiger partial charge in [-0.2, -0.15) is 0 Å². The Bertz CT molecular complexity index is 916. The first-order chi connectivity index (χ1) is 11.7. The molecule has 1 amide bonds. The molecule has 0 unspecified atom stereocenters. The molecule has 1 fully saturated rings. The van der Waals surface area contributed by atoms with E-state index in [1.165, 1.54) is 11.3 Å². The molecule has 1 aliphatic heterocycles. The van der Waals surface area contributed by atoms with Gasteiger partial charge in [0.1, 0.15) is 0 Å². The molecule has 1 aliphatic rings. The van der Waals surface area contributed by atoms with E-state index in [1.54, 1.807) is 6.08 Å². The van der Waals surface area contributed by atoms with E-state index in [-0.39, 0.29) is 11.9 Å². The number of hydrogen-bond donors (Lipinski definition) is 0. The van der Waals surface area contributed by atoms with Crippen molar-refractivity contribution in [3.8, 4) is 0 Å². The quantitative estimate of drug-likeness (QED) is 0.669. The highest BCUT2D eigenvalue weighted by molar-refractivity contribution is 7.17. The number of thiophene rings is 1. The largest absolute Gasteiger partial charge is 0.329 e. The maximum Gasteiger partial charge on any atom is 0.247 e. The minimum absolute atomic E-state index is 0.00490. The molecule has 1 atom stereocenters. The Morgan fingerprint density at radius 2 is 2.21 bits per heavy atom. The van der Waals surface area contributed by atoms with E-state index in [2.05, 4.69) is 10.2 Å². The predicted molar refractivity (Wildman–Crippen MR) is 95.0 cm³/mol. The summed E-state index contributed by atoms with van der Waals surface area (Å²) in [6, 6.07) is 9.49. The van der Waals surface area contributed by atoms with Gasteiger partial charge in [0.15, 0.2) is 11.5 Å². The summed E-state index contributed by atoms with van der Waals surface area (Å²) in [7, 11) is 0. The minimum Gasteiger partial charge on any atom is -0.329 e. The molecule has 122 valence electrons. The van der Waals surface area contributed by atoms with Crippen LogP contribution in [0.5, 0.6) is 0 Å². The van der Waals surface area contributed by atoms with Crippen LogP contribution in [0.3, 0.4) is 0 Å². The fourth-order valence-corrected chi connectivity index (χ4v) is 4.02. The second-order valence-corrected chi connectivity index (χ2v) is 7.40. The number of amides is 1. The first-order valence-electron chi connectivity index (χ1n) is 7.76. The van der Waals surface area contributed by atoms with Gasteiger partial charge in [-0.05, 0) is 43.2 Å². The standard InChI is InChI=1S/C17H15ClN4OS/c18-14-8-6-12(24-14)7-9-16(23)21-11-3-4-13(21)17-20-19-15-5-1-2-10-22(15)17/h1-2,5-10,13H,3-4,11H2/b9-7+/t13-/m1/s1. The van der Waals surface area contributed by atoms with Gasteiger partial charge >= 0.3 is 0 Å². The molecule has 0 spiro atoms. The van der Waals surface area contributed by atoms with Crippen molar-refractivity contribution in [3.05, 3.63) is 57.6 Å². The van der Waals surface area contributed by atoms with Crippen molar-refractivity contribution in [1.29, 1.82) is 0 Å². The Morgan fingerprint density at radius 1 is 1.29 bits per heavy atom. The van der Waals surface area contributed by atoms with Crippen molar-refractivity contribution < 1.29 is 4.79 Å². The Hall–Kier alpha value is -2.18. The summed E-state index contributed by atoms with van der Waals surface area (Å²) in [6.45, 7) is 0.737. The Labute approximate surface area is 148 Å². The first kappa shape index (κ1) is 15.4. The Kier molecular flexibility index (Phi) is 4.08. The van der Waals surface area contributed by atoms with Crippen LogP contribution in [0.15, 0.2) is 42.6 Å². The topological polar surface area (TPSA) is 50.5 Å². The number of nitrogens with zero attached hydrogens (tertiary/aromatic N) is 4. The van der Waals surface area contributed by atoms with Crippen LogP contribution in [0.4, 0.5) is 0 Å². The molecule has 5 nitrogen and oxygen atoms in total. The van der Waals surface area contributed by atoms with Gasteiger partial charge in [0.2, 0.25) is 5.91 Å².